The number of aromatic amines is 1. The zero-order valence-corrected chi connectivity index (χ0v) is 16.4. The van der Waals surface area contributed by atoms with Crippen LogP contribution in [0.3, 0.4) is 0 Å². The van der Waals surface area contributed by atoms with Crippen molar-refractivity contribution >= 4 is 32.8 Å². The lowest BCUT2D eigenvalue weighted by atomic mass is 10.1. The van der Waals surface area contributed by atoms with Gasteiger partial charge in [0.25, 0.3) is 0 Å². The highest BCUT2D eigenvalue weighted by atomic mass is 16.5. The zero-order valence-electron chi connectivity index (χ0n) is 16.4. The van der Waals surface area contributed by atoms with E-state index in [-0.39, 0.29) is 11.2 Å². The van der Waals surface area contributed by atoms with Crippen molar-refractivity contribution < 1.29 is 24.0 Å². The van der Waals surface area contributed by atoms with E-state index in [1.54, 1.807) is 43.5 Å². The monoisotopic (exact) mass is 400 g/mol. The number of ether oxygens (including phenoxy) is 2. The average Bonchev–Trinajstić information content (AvgIpc) is 2.77. The molecule has 148 valence electrons. The van der Waals surface area contributed by atoms with Crippen LogP contribution in [0.4, 0.5) is 0 Å². The summed E-state index contributed by atoms with van der Waals surface area (Å²) in [7, 11) is 3.06. The lowest BCUT2D eigenvalue weighted by molar-refractivity contribution is -0.310. The molecule has 0 amide bonds. The molecule has 0 spiro atoms. The average molecular weight is 400 g/mol. The van der Waals surface area contributed by atoms with Crippen molar-refractivity contribution in [3.63, 3.8) is 0 Å². The first-order valence-electron chi connectivity index (χ1n) is 9.36. The molecule has 0 fully saturated rings. The number of para-hydroxylation sites is 1. The van der Waals surface area contributed by atoms with Crippen LogP contribution in [-0.4, -0.2) is 19.3 Å². The number of hydrogen-bond donors (Lipinski definition) is 1. The summed E-state index contributed by atoms with van der Waals surface area (Å²) in [5, 5.41) is 11.8. The van der Waals surface area contributed by atoms with E-state index < -0.39 is 0 Å². The standard InChI is InChI=1S/C24H17NO5/c1-28-21-12-20(13-7-8-19(26)23(9-13)29-2)30-22-11-18-15(10-16(21)22)24(27)14-5-3-4-6-17(14)25-18/h3-12,26H,1-2H3/p+1. The van der Waals surface area contributed by atoms with Crippen molar-refractivity contribution in [1.29, 1.82) is 0 Å². The molecule has 0 saturated heterocycles. The molecule has 0 aliphatic rings. The number of phenolic OH excluding ortho intramolecular Hbond substituents is 1. The second kappa shape index (κ2) is 6.77. The summed E-state index contributed by atoms with van der Waals surface area (Å²) in [6.45, 7) is 0. The fourth-order valence-electron chi connectivity index (χ4n) is 3.72. The van der Waals surface area contributed by atoms with Crippen molar-refractivity contribution in [2.75, 3.05) is 14.2 Å². The van der Waals surface area contributed by atoms with Crippen LogP contribution >= 0.6 is 0 Å². The SMILES string of the molecule is COc1cc(-c2cc(OC)c3cc4c(=O)c5ccccc5[nH+]c4cc3o2)ccc1O. The van der Waals surface area contributed by atoms with Gasteiger partial charge in [-0.1, -0.05) is 12.1 Å². The third-order valence-electron chi connectivity index (χ3n) is 5.24. The first-order valence-corrected chi connectivity index (χ1v) is 9.36. The van der Waals surface area contributed by atoms with Crippen molar-refractivity contribution in [1.82, 2.24) is 0 Å². The predicted molar refractivity (Wildman–Crippen MR) is 114 cm³/mol. The summed E-state index contributed by atoms with van der Waals surface area (Å²) in [6, 6.07) is 17.7. The number of hydrogen-bond acceptors (Lipinski definition) is 5. The van der Waals surface area contributed by atoms with E-state index in [4.69, 9.17) is 13.9 Å². The van der Waals surface area contributed by atoms with Crippen LogP contribution in [0, 0.1) is 0 Å². The van der Waals surface area contributed by atoms with Crippen LogP contribution in [-0.2, 0) is 0 Å². The van der Waals surface area contributed by atoms with Gasteiger partial charge >= 0.3 is 0 Å². The Hall–Kier alpha value is -4.06. The molecule has 0 saturated carbocycles. The largest absolute Gasteiger partial charge is 0.504 e. The summed E-state index contributed by atoms with van der Waals surface area (Å²) in [5.41, 5.74) is 2.68. The summed E-state index contributed by atoms with van der Waals surface area (Å²) < 4.78 is 16.9. The molecular formula is C24H18NO5+. The Bertz CT molecular complexity index is 1500. The van der Waals surface area contributed by atoms with Gasteiger partial charge in [-0.05, 0) is 30.3 Å². The van der Waals surface area contributed by atoms with E-state index in [2.05, 4.69) is 4.98 Å². The molecule has 0 atom stereocenters. The van der Waals surface area contributed by atoms with Crippen molar-refractivity contribution in [2.45, 2.75) is 0 Å². The topological polar surface area (TPSA) is 83.0 Å². The lowest BCUT2D eigenvalue weighted by Gasteiger charge is -2.10. The molecule has 3 aromatic carbocycles. The third-order valence-corrected chi connectivity index (χ3v) is 5.24. The number of H-pyrrole nitrogens is 1. The van der Waals surface area contributed by atoms with Gasteiger partial charge in [0.05, 0.1) is 36.4 Å². The Morgan fingerprint density at radius 2 is 1.63 bits per heavy atom. The molecular weight excluding hydrogens is 382 g/mol. The molecule has 2 N–H and O–H groups in total. The van der Waals surface area contributed by atoms with Gasteiger partial charge in [-0.3, -0.25) is 4.79 Å². The molecule has 5 rings (SSSR count). The van der Waals surface area contributed by atoms with Gasteiger partial charge in [0.15, 0.2) is 11.5 Å². The van der Waals surface area contributed by atoms with Gasteiger partial charge in [-0.2, -0.15) is 0 Å². The maximum atomic E-state index is 13.0. The van der Waals surface area contributed by atoms with Gasteiger partial charge in [-0.25, -0.2) is 4.98 Å². The molecule has 0 unspecified atom stereocenters. The minimum Gasteiger partial charge on any atom is -0.504 e. The molecule has 0 radical (unpaired) electrons. The Kier molecular flexibility index (Phi) is 4.06. The molecule has 6 heteroatoms. The van der Waals surface area contributed by atoms with Crippen LogP contribution < -0.4 is 19.9 Å². The van der Waals surface area contributed by atoms with E-state index in [0.717, 1.165) is 11.1 Å². The van der Waals surface area contributed by atoms with E-state index in [0.29, 0.717) is 44.5 Å². The van der Waals surface area contributed by atoms with E-state index >= 15 is 0 Å². The summed E-state index contributed by atoms with van der Waals surface area (Å²) in [5.74, 6) is 1.51. The molecule has 0 aliphatic carbocycles. The smallest absolute Gasteiger partial charge is 0.219 e. The molecule has 30 heavy (non-hydrogen) atoms. The first kappa shape index (κ1) is 18.0. The Balaban J connectivity index is 1.81. The molecule has 2 heterocycles. The Morgan fingerprint density at radius 3 is 2.43 bits per heavy atom. The van der Waals surface area contributed by atoms with Crippen LogP contribution in [0.25, 0.3) is 44.1 Å². The predicted octanol–water partition coefficient (Wildman–Crippen LogP) is 4.30. The van der Waals surface area contributed by atoms with Crippen molar-refractivity contribution in [2.24, 2.45) is 0 Å². The van der Waals surface area contributed by atoms with Gasteiger partial charge in [-0.15, -0.1) is 0 Å². The maximum Gasteiger partial charge on any atom is 0.219 e. The molecule has 0 bridgehead atoms. The van der Waals surface area contributed by atoms with Crippen molar-refractivity contribution in [3.8, 4) is 28.6 Å². The van der Waals surface area contributed by atoms with Gasteiger partial charge < -0.3 is 19.0 Å². The Morgan fingerprint density at radius 1 is 0.833 bits per heavy atom. The Labute approximate surface area is 170 Å². The number of phenols is 1. The molecule has 0 aliphatic heterocycles. The number of aromatic hydroxyl groups is 1. The number of methoxy groups -OCH3 is 2. The molecule has 2 aromatic heterocycles. The normalized spacial score (nSPS) is 11.3. The van der Waals surface area contributed by atoms with E-state index in [1.807, 2.05) is 24.3 Å². The minimum atomic E-state index is -0.0457. The van der Waals surface area contributed by atoms with E-state index in [9.17, 15) is 9.90 Å². The highest BCUT2D eigenvalue weighted by molar-refractivity contribution is 5.99. The van der Waals surface area contributed by atoms with Gasteiger partial charge in [0.1, 0.15) is 17.1 Å². The number of aromatic nitrogens is 1. The third kappa shape index (κ3) is 2.73. The number of fused-ring (bicyclic) bond motifs is 3. The highest BCUT2D eigenvalue weighted by Gasteiger charge is 2.17. The van der Waals surface area contributed by atoms with Crippen LogP contribution in [0.2, 0.25) is 0 Å². The summed E-state index contributed by atoms with van der Waals surface area (Å²) in [4.78, 5) is 16.3. The first-order chi connectivity index (χ1) is 14.6. The van der Waals surface area contributed by atoms with E-state index in [1.165, 1.54) is 7.11 Å². The molecule has 6 nitrogen and oxygen atoms in total. The molecule has 5 aromatic rings. The van der Waals surface area contributed by atoms with Gasteiger partial charge in [0, 0.05) is 17.7 Å². The highest BCUT2D eigenvalue weighted by Crippen LogP contribution is 2.37. The number of pyridine rings is 1. The minimum absolute atomic E-state index is 0.0457. The van der Waals surface area contributed by atoms with Gasteiger partial charge in [0.2, 0.25) is 16.5 Å². The lowest BCUT2D eigenvalue weighted by Crippen LogP contribution is -2.14. The van der Waals surface area contributed by atoms with Crippen LogP contribution in [0.1, 0.15) is 0 Å². The summed E-state index contributed by atoms with van der Waals surface area (Å²) in [6.07, 6.45) is 0. The summed E-state index contributed by atoms with van der Waals surface area (Å²) >= 11 is 0. The zero-order chi connectivity index (χ0) is 20.8. The van der Waals surface area contributed by atoms with Crippen molar-refractivity contribution in [3.05, 3.63) is 70.9 Å². The second-order valence-corrected chi connectivity index (χ2v) is 6.96. The number of benzene rings is 3. The van der Waals surface area contributed by atoms with Crippen LogP contribution in [0.15, 0.2) is 69.9 Å². The fourth-order valence-corrected chi connectivity index (χ4v) is 3.72. The second-order valence-electron chi connectivity index (χ2n) is 6.96. The van der Waals surface area contributed by atoms with Crippen LogP contribution in [0.5, 0.6) is 17.2 Å². The quantitative estimate of drug-likeness (QED) is 0.457. The fraction of sp³-hybridized carbons (Fsp3) is 0.0833. The number of nitrogens with one attached hydrogen (secondary N) is 1. The number of rotatable bonds is 3. The maximum absolute atomic E-state index is 13.0.